The van der Waals surface area contributed by atoms with Gasteiger partial charge < -0.3 is 0 Å². The molecule has 2 rings (SSSR count). The summed E-state index contributed by atoms with van der Waals surface area (Å²) in [5.74, 6) is 0. The number of nitrogens with zero attached hydrogens (tertiary/aromatic N) is 1. The molecular weight excluding hydrogens is 170 g/mol. The van der Waals surface area contributed by atoms with E-state index >= 15 is 0 Å². The van der Waals surface area contributed by atoms with Crippen molar-refractivity contribution in [3.63, 3.8) is 0 Å². The van der Waals surface area contributed by atoms with E-state index in [0.717, 1.165) is 12.8 Å². The predicted molar refractivity (Wildman–Crippen MR) is 60.5 cm³/mol. The summed E-state index contributed by atoms with van der Waals surface area (Å²) in [5, 5.41) is 2.65. The molecule has 14 heavy (non-hydrogen) atoms. The minimum absolute atomic E-state index is 1.07. The Bertz CT molecular complexity index is 446. The maximum atomic E-state index is 4.50. The van der Waals surface area contributed by atoms with Gasteiger partial charge in [0.2, 0.25) is 0 Å². The SMILES string of the molecule is CCCc1ncc(C)c2ccccc12. The van der Waals surface area contributed by atoms with Crippen LogP contribution in [0.5, 0.6) is 0 Å². The zero-order valence-electron chi connectivity index (χ0n) is 8.75. The Morgan fingerprint density at radius 1 is 1.14 bits per heavy atom. The predicted octanol–water partition coefficient (Wildman–Crippen LogP) is 3.50. The van der Waals surface area contributed by atoms with E-state index in [-0.39, 0.29) is 0 Å². The number of hydrogen-bond acceptors (Lipinski definition) is 1. The molecule has 0 unspecified atom stereocenters. The van der Waals surface area contributed by atoms with Gasteiger partial charge in [0, 0.05) is 17.3 Å². The van der Waals surface area contributed by atoms with Crippen LogP contribution in [0, 0.1) is 6.92 Å². The number of pyridine rings is 1. The molecule has 0 spiro atoms. The second kappa shape index (κ2) is 3.79. The number of hydrogen-bond donors (Lipinski definition) is 0. The molecule has 0 aliphatic carbocycles. The lowest BCUT2D eigenvalue weighted by Crippen LogP contribution is -1.92. The molecule has 0 fully saturated rings. The third-order valence-corrected chi connectivity index (χ3v) is 2.56. The molecule has 72 valence electrons. The fraction of sp³-hybridized carbons (Fsp3) is 0.308. The van der Waals surface area contributed by atoms with Crippen LogP contribution in [0.15, 0.2) is 30.5 Å². The molecular formula is C13H15N. The summed E-state index contributed by atoms with van der Waals surface area (Å²) < 4.78 is 0. The zero-order chi connectivity index (χ0) is 9.97. The van der Waals surface area contributed by atoms with E-state index in [1.807, 2.05) is 6.20 Å². The van der Waals surface area contributed by atoms with Crippen molar-refractivity contribution in [1.82, 2.24) is 4.98 Å². The Morgan fingerprint density at radius 2 is 1.86 bits per heavy atom. The molecule has 0 saturated carbocycles. The van der Waals surface area contributed by atoms with Gasteiger partial charge in [-0.3, -0.25) is 4.98 Å². The summed E-state index contributed by atoms with van der Waals surface area (Å²) in [6.45, 7) is 4.31. The number of fused-ring (bicyclic) bond motifs is 1. The lowest BCUT2D eigenvalue weighted by molar-refractivity contribution is 0.892. The molecule has 1 aromatic heterocycles. The minimum Gasteiger partial charge on any atom is -0.260 e. The number of rotatable bonds is 2. The van der Waals surface area contributed by atoms with Crippen LogP contribution in [0.4, 0.5) is 0 Å². The van der Waals surface area contributed by atoms with Crippen LogP contribution in [0.1, 0.15) is 24.6 Å². The summed E-state index contributed by atoms with van der Waals surface area (Å²) in [5.41, 5.74) is 2.49. The molecule has 0 atom stereocenters. The fourth-order valence-corrected chi connectivity index (χ4v) is 1.83. The third-order valence-electron chi connectivity index (χ3n) is 2.56. The van der Waals surface area contributed by atoms with Gasteiger partial charge in [-0.15, -0.1) is 0 Å². The van der Waals surface area contributed by atoms with E-state index in [9.17, 15) is 0 Å². The van der Waals surface area contributed by atoms with Gasteiger partial charge in [0.05, 0.1) is 0 Å². The average molecular weight is 185 g/mol. The highest BCUT2D eigenvalue weighted by Gasteiger charge is 2.02. The van der Waals surface area contributed by atoms with Crippen LogP contribution in [0.2, 0.25) is 0 Å². The molecule has 1 heterocycles. The summed E-state index contributed by atoms with van der Waals surface area (Å²) in [6.07, 6.45) is 4.20. The van der Waals surface area contributed by atoms with E-state index in [1.54, 1.807) is 0 Å². The van der Waals surface area contributed by atoms with Gasteiger partial charge in [-0.05, 0) is 24.3 Å². The van der Waals surface area contributed by atoms with Gasteiger partial charge in [0.15, 0.2) is 0 Å². The van der Waals surface area contributed by atoms with Crippen molar-refractivity contribution in [3.8, 4) is 0 Å². The zero-order valence-corrected chi connectivity index (χ0v) is 8.75. The molecule has 0 aliphatic heterocycles. The smallest absolute Gasteiger partial charge is 0.0481 e. The van der Waals surface area contributed by atoms with Gasteiger partial charge >= 0.3 is 0 Å². The first-order valence-electron chi connectivity index (χ1n) is 5.16. The number of benzene rings is 1. The van der Waals surface area contributed by atoms with E-state index in [4.69, 9.17) is 0 Å². The Morgan fingerprint density at radius 3 is 2.57 bits per heavy atom. The van der Waals surface area contributed by atoms with Crippen molar-refractivity contribution >= 4 is 10.8 Å². The van der Waals surface area contributed by atoms with Gasteiger partial charge in [0.1, 0.15) is 0 Å². The Labute approximate surface area is 84.8 Å². The van der Waals surface area contributed by atoms with Crippen molar-refractivity contribution in [3.05, 3.63) is 41.7 Å². The quantitative estimate of drug-likeness (QED) is 0.697. The normalized spacial score (nSPS) is 10.7. The van der Waals surface area contributed by atoms with Gasteiger partial charge in [-0.2, -0.15) is 0 Å². The molecule has 0 bridgehead atoms. The topological polar surface area (TPSA) is 12.9 Å². The van der Waals surface area contributed by atoms with Crippen molar-refractivity contribution in [2.45, 2.75) is 26.7 Å². The first-order valence-corrected chi connectivity index (χ1v) is 5.16. The summed E-state index contributed by atoms with van der Waals surface area (Å²) in [6, 6.07) is 8.51. The summed E-state index contributed by atoms with van der Waals surface area (Å²) in [7, 11) is 0. The van der Waals surface area contributed by atoms with E-state index in [1.165, 1.54) is 22.0 Å². The highest BCUT2D eigenvalue weighted by Crippen LogP contribution is 2.20. The van der Waals surface area contributed by atoms with Crippen LogP contribution >= 0.6 is 0 Å². The largest absolute Gasteiger partial charge is 0.260 e. The molecule has 0 radical (unpaired) electrons. The second-order valence-corrected chi connectivity index (χ2v) is 3.68. The molecule has 0 N–H and O–H groups in total. The van der Waals surface area contributed by atoms with Crippen LogP contribution in [0.25, 0.3) is 10.8 Å². The third kappa shape index (κ3) is 1.50. The lowest BCUT2D eigenvalue weighted by atomic mass is 10.0. The molecule has 1 aromatic carbocycles. The Hall–Kier alpha value is -1.37. The number of aromatic nitrogens is 1. The van der Waals surface area contributed by atoms with Crippen molar-refractivity contribution < 1.29 is 0 Å². The molecule has 0 amide bonds. The van der Waals surface area contributed by atoms with Crippen LogP contribution in [-0.4, -0.2) is 4.98 Å². The van der Waals surface area contributed by atoms with Crippen molar-refractivity contribution in [2.24, 2.45) is 0 Å². The van der Waals surface area contributed by atoms with E-state index in [0.29, 0.717) is 0 Å². The van der Waals surface area contributed by atoms with E-state index in [2.05, 4.69) is 43.1 Å². The summed E-state index contributed by atoms with van der Waals surface area (Å²) >= 11 is 0. The van der Waals surface area contributed by atoms with Gasteiger partial charge in [-0.1, -0.05) is 37.6 Å². The fourth-order valence-electron chi connectivity index (χ4n) is 1.83. The van der Waals surface area contributed by atoms with Gasteiger partial charge in [0.25, 0.3) is 0 Å². The molecule has 2 aromatic rings. The van der Waals surface area contributed by atoms with Crippen LogP contribution in [-0.2, 0) is 6.42 Å². The molecule has 1 nitrogen and oxygen atoms in total. The molecule has 0 aliphatic rings. The highest BCUT2D eigenvalue weighted by atomic mass is 14.7. The van der Waals surface area contributed by atoms with Crippen LogP contribution < -0.4 is 0 Å². The molecule has 0 saturated heterocycles. The van der Waals surface area contributed by atoms with Crippen LogP contribution in [0.3, 0.4) is 0 Å². The number of aryl methyl sites for hydroxylation is 2. The average Bonchev–Trinajstić information content (AvgIpc) is 2.23. The first-order chi connectivity index (χ1) is 6.83. The van der Waals surface area contributed by atoms with Crippen molar-refractivity contribution in [1.29, 1.82) is 0 Å². The van der Waals surface area contributed by atoms with E-state index < -0.39 is 0 Å². The minimum atomic E-state index is 1.07. The Balaban J connectivity index is 2.68. The highest BCUT2D eigenvalue weighted by molar-refractivity contribution is 5.87. The maximum Gasteiger partial charge on any atom is 0.0481 e. The summed E-state index contributed by atoms with van der Waals surface area (Å²) in [4.78, 5) is 4.50. The van der Waals surface area contributed by atoms with Crippen molar-refractivity contribution in [2.75, 3.05) is 0 Å². The Kier molecular flexibility index (Phi) is 2.49. The maximum absolute atomic E-state index is 4.50. The van der Waals surface area contributed by atoms with Gasteiger partial charge in [-0.25, -0.2) is 0 Å². The lowest BCUT2D eigenvalue weighted by Gasteiger charge is -2.06. The molecule has 1 heteroatoms. The first kappa shape index (κ1) is 9.20. The standard InChI is InChI=1S/C13H15N/c1-3-6-13-12-8-5-4-7-11(12)10(2)9-14-13/h4-5,7-9H,3,6H2,1-2H3. The second-order valence-electron chi connectivity index (χ2n) is 3.68. The monoisotopic (exact) mass is 185 g/mol.